The summed E-state index contributed by atoms with van der Waals surface area (Å²) >= 11 is 0. The second-order valence-corrected chi connectivity index (χ2v) is 5.43. The molecule has 2 N–H and O–H groups in total. The summed E-state index contributed by atoms with van der Waals surface area (Å²) in [4.78, 5) is 4.72. The molecule has 1 aromatic carbocycles. The molecule has 2 aliphatic rings. The van der Waals surface area contributed by atoms with Crippen LogP contribution in [0.1, 0.15) is 6.92 Å². The number of hydrogen-bond donors (Lipinski definition) is 1. The molecule has 2 heterocycles. The summed E-state index contributed by atoms with van der Waals surface area (Å²) in [6.07, 6.45) is 0. The number of nitrogens with two attached hydrogens (primary N) is 1. The van der Waals surface area contributed by atoms with Crippen LogP contribution in [0.3, 0.4) is 0 Å². The van der Waals surface area contributed by atoms with E-state index >= 15 is 0 Å². The van der Waals surface area contributed by atoms with E-state index in [0.717, 1.165) is 38.5 Å². The van der Waals surface area contributed by atoms with Crippen molar-refractivity contribution in [3.63, 3.8) is 0 Å². The topological polar surface area (TPSA) is 41.7 Å². The van der Waals surface area contributed by atoms with Gasteiger partial charge in [0.25, 0.3) is 0 Å². The van der Waals surface area contributed by atoms with Gasteiger partial charge in [-0.15, -0.1) is 0 Å². The molecular weight excluding hydrogens is 277 g/mol. The Morgan fingerprint density at radius 3 is 2.60 bits per heavy atom. The highest BCUT2D eigenvalue weighted by atomic mass is 32.1. The van der Waals surface area contributed by atoms with E-state index in [-0.39, 0.29) is 25.0 Å². The Kier molecular flexibility index (Phi) is 4.78. The normalized spacial score (nSPS) is 24.1. The van der Waals surface area contributed by atoms with E-state index in [2.05, 4.69) is 16.7 Å². The molecule has 1 atom stereocenters. The van der Waals surface area contributed by atoms with Crippen molar-refractivity contribution in [1.29, 1.82) is 0 Å². The molecule has 1 aromatic rings. The van der Waals surface area contributed by atoms with Crippen molar-refractivity contribution in [2.45, 2.75) is 19.0 Å². The highest BCUT2D eigenvalue weighted by Crippen LogP contribution is 2.25. The molecule has 0 aromatic heterocycles. The number of hydrogen-bond acceptors (Lipinski definition) is 4. The number of anilines is 2. The maximum Gasteiger partial charge on any atom is 0.148 e. The lowest BCUT2D eigenvalue weighted by atomic mass is 10.1. The molecule has 0 bridgehead atoms. The smallest absolute Gasteiger partial charge is 0.148 e. The van der Waals surface area contributed by atoms with Crippen LogP contribution in [0, 0.1) is 5.82 Å². The highest BCUT2D eigenvalue weighted by Gasteiger charge is 2.32. The van der Waals surface area contributed by atoms with Gasteiger partial charge in [0.05, 0.1) is 24.9 Å². The maximum atomic E-state index is 13.6. The van der Waals surface area contributed by atoms with Gasteiger partial charge in [-0.25, -0.2) is 4.39 Å². The maximum absolute atomic E-state index is 13.6. The molecule has 0 aliphatic carbocycles. The molecule has 0 unspecified atom stereocenters. The molecule has 3 rings (SSSR count). The Morgan fingerprint density at radius 1 is 1.30 bits per heavy atom. The van der Waals surface area contributed by atoms with Gasteiger partial charge in [0.15, 0.2) is 0 Å². The molecule has 0 radical (unpaired) electrons. The summed E-state index contributed by atoms with van der Waals surface area (Å²) in [6.45, 7) is 6.80. The van der Waals surface area contributed by atoms with Crippen LogP contribution in [-0.2, 0) is 4.74 Å². The fraction of sp³-hybridized carbons (Fsp3) is 0.571. The van der Waals surface area contributed by atoms with Crippen molar-refractivity contribution < 1.29 is 9.13 Å². The van der Waals surface area contributed by atoms with E-state index < -0.39 is 0 Å². The summed E-state index contributed by atoms with van der Waals surface area (Å²) in [6, 6.07) is 6.03. The van der Waals surface area contributed by atoms with E-state index in [9.17, 15) is 4.39 Å². The lowest BCUT2D eigenvalue weighted by molar-refractivity contribution is -0.0691. The van der Waals surface area contributed by atoms with Crippen LogP contribution in [0.15, 0.2) is 18.2 Å². The van der Waals surface area contributed by atoms with Crippen LogP contribution in [0.4, 0.5) is 15.8 Å². The Balaban J connectivity index is 0.00000147. The Bertz CT molecular complexity index is 470. The monoisotopic (exact) mass is 299 g/mol. The summed E-state index contributed by atoms with van der Waals surface area (Å²) in [7, 11) is 0. The van der Waals surface area contributed by atoms with Crippen molar-refractivity contribution >= 4 is 24.9 Å². The van der Waals surface area contributed by atoms with Gasteiger partial charge in [-0.1, -0.05) is 0 Å². The molecule has 0 amide bonds. The first-order valence-electron chi connectivity index (χ1n) is 6.78. The molecule has 2 fully saturated rings. The Labute approximate surface area is 126 Å². The van der Waals surface area contributed by atoms with Crippen LogP contribution >= 0.6 is 13.5 Å². The summed E-state index contributed by atoms with van der Waals surface area (Å²) in [5.74, 6) is -0.334. The van der Waals surface area contributed by atoms with Crippen molar-refractivity contribution in [1.82, 2.24) is 4.90 Å². The van der Waals surface area contributed by atoms with E-state index in [1.807, 2.05) is 6.07 Å². The molecule has 4 nitrogen and oxygen atoms in total. The summed E-state index contributed by atoms with van der Waals surface area (Å²) in [5.41, 5.74) is 6.65. The molecule has 2 saturated heterocycles. The van der Waals surface area contributed by atoms with Gasteiger partial charge in [-0.3, -0.25) is 4.90 Å². The number of halogens is 1. The zero-order chi connectivity index (χ0) is 13.4. The first-order valence-corrected chi connectivity index (χ1v) is 6.78. The lowest BCUT2D eigenvalue weighted by Gasteiger charge is -2.46. The zero-order valence-corrected chi connectivity index (χ0v) is 12.7. The van der Waals surface area contributed by atoms with Gasteiger partial charge in [0, 0.05) is 31.4 Å². The van der Waals surface area contributed by atoms with Gasteiger partial charge in [-0.05, 0) is 25.1 Å². The van der Waals surface area contributed by atoms with E-state index in [4.69, 9.17) is 10.5 Å². The predicted molar refractivity (Wildman–Crippen MR) is 84.2 cm³/mol. The van der Waals surface area contributed by atoms with Gasteiger partial charge >= 0.3 is 0 Å². The number of nitrogens with zero attached hydrogens (tertiary/aromatic N) is 2. The molecule has 20 heavy (non-hydrogen) atoms. The van der Waals surface area contributed by atoms with E-state index in [1.54, 1.807) is 6.07 Å². The van der Waals surface area contributed by atoms with Crippen molar-refractivity contribution in [3.8, 4) is 0 Å². The van der Waals surface area contributed by atoms with Gasteiger partial charge in [-0.2, -0.15) is 13.5 Å². The van der Waals surface area contributed by atoms with Crippen molar-refractivity contribution in [3.05, 3.63) is 24.0 Å². The molecule has 2 aliphatic heterocycles. The third-order valence-electron chi connectivity index (χ3n) is 4.11. The molecular formula is C14H22FN3OS. The number of nitrogen functional groups attached to an aromatic ring is 1. The average Bonchev–Trinajstić information content (AvgIpc) is 2.31. The fourth-order valence-electron chi connectivity index (χ4n) is 2.83. The third-order valence-corrected chi connectivity index (χ3v) is 4.11. The van der Waals surface area contributed by atoms with Crippen LogP contribution in [0.2, 0.25) is 0 Å². The SMILES string of the molecule is C[C@H]1CN(C2COC2)CCN1c1ccc(N)c(F)c1.S. The minimum Gasteiger partial charge on any atom is -0.396 e. The second kappa shape index (κ2) is 6.20. The quantitative estimate of drug-likeness (QED) is 0.839. The first kappa shape index (κ1) is 15.4. The minimum absolute atomic E-state index is 0. The molecule has 112 valence electrons. The third kappa shape index (κ3) is 2.87. The van der Waals surface area contributed by atoms with Crippen LogP contribution in [-0.4, -0.2) is 49.8 Å². The van der Waals surface area contributed by atoms with Crippen LogP contribution in [0.5, 0.6) is 0 Å². The average molecular weight is 299 g/mol. The Morgan fingerprint density at radius 2 is 2.05 bits per heavy atom. The van der Waals surface area contributed by atoms with E-state index in [1.165, 1.54) is 6.07 Å². The zero-order valence-electron chi connectivity index (χ0n) is 11.7. The van der Waals surface area contributed by atoms with Crippen molar-refractivity contribution in [2.24, 2.45) is 0 Å². The number of benzene rings is 1. The second-order valence-electron chi connectivity index (χ2n) is 5.43. The van der Waals surface area contributed by atoms with Crippen LogP contribution < -0.4 is 10.6 Å². The lowest BCUT2D eigenvalue weighted by Crippen LogP contribution is -2.59. The predicted octanol–water partition coefficient (Wildman–Crippen LogP) is 1.43. The Hall–Kier alpha value is -0.980. The number of piperazine rings is 1. The van der Waals surface area contributed by atoms with Gasteiger partial charge in [0.2, 0.25) is 0 Å². The standard InChI is InChI=1S/C14H20FN3O.H2S/c1-10-7-17(12-8-19-9-12)4-5-18(10)11-2-3-14(16)13(15)6-11;/h2-3,6,10,12H,4-5,7-9,16H2,1H3;1H2/t10-;/m0./s1. The van der Waals surface area contributed by atoms with E-state index in [0.29, 0.717) is 12.1 Å². The minimum atomic E-state index is -0.334. The molecule has 0 saturated carbocycles. The summed E-state index contributed by atoms with van der Waals surface area (Å²) < 4.78 is 18.8. The highest BCUT2D eigenvalue weighted by molar-refractivity contribution is 7.59. The number of rotatable bonds is 2. The molecule has 0 spiro atoms. The van der Waals surface area contributed by atoms with Gasteiger partial charge < -0.3 is 15.4 Å². The largest absolute Gasteiger partial charge is 0.396 e. The molecule has 6 heteroatoms. The first-order chi connectivity index (χ1) is 9.15. The fourth-order valence-corrected chi connectivity index (χ4v) is 2.83. The van der Waals surface area contributed by atoms with Gasteiger partial charge in [0.1, 0.15) is 5.82 Å². The number of ether oxygens (including phenoxy) is 1. The van der Waals surface area contributed by atoms with Crippen molar-refractivity contribution in [2.75, 3.05) is 43.5 Å². The summed E-state index contributed by atoms with van der Waals surface area (Å²) in [5, 5.41) is 0. The van der Waals surface area contributed by atoms with Crippen LogP contribution in [0.25, 0.3) is 0 Å².